The van der Waals surface area contributed by atoms with Gasteiger partial charge in [0.15, 0.2) is 0 Å². The van der Waals surface area contributed by atoms with Crippen LogP contribution in [0.25, 0.3) is 0 Å². The van der Waals surface area contributed by atoms with Gasteiger partial charge < -0.3 is 10.6 Å². The lowest BCUT2D eigenvalue weighted by atomic mass is 9.78. The summed E-state index contributed by atoms with van der Waals surface area (Å²) in [5.74, 6) is 0.331. The number of likely N-dealkylation sites (tertiary alicyclic amines) is 1. The second-order valence-electron chi connectivity index (χ2n) is 5.49. The number of rotatable bonds is 6. The number of piperidine rings is 1. The summed E-state index contributed by atoms with van der Waals surface area (Å²) in [6.07, 6.45) is 7.01. The molecule has 1 rings (SSSR count). The number of amidine groups is 1. The van der Waals surface area contributed by atoms with Crippen LogP contribution in [-0.4, -0.2) is 30.4 Å². The molecule has 0 aromatic heterocycles. The van der Waals surface area contributed by atoms with Gasteiger partial charge in [-0.05, 0) is 50.7 Å². The summed E-state index contributed by atoms with van der Waals surface area (Å²) >= 11 is 0. The zero-order chi connectivity index (χ0) is 12.0. The summed E-state index contributed by atoms with van der Waals surface area (Å²) in [5.41, 5.74) is 5.93. The zero-order valence-corrected chi connectivity index (χ0v) is 10.9. The van der Waals surface area contributed by atoms with Crippen LogP contribution in [0, 0.1) is 10.8 Å². The van der Waals surface area contributed by atoms with Gasteiger partial charge in [0.1, 0.15) is 0 Å². The molecule has 1 aliphatic rings. The van der Waals surface area contributed by atoms with Crippen molar-refractivity contribution in [2.24, 2.45) is 11.1 Å². The molecule has 0 aromatic rings. The van der Waals surface area contributed by atoms with Crippen molar-refractivity contribution >= 4 is 5.84 Å². The maximum absolute atomic E-state index is 7.16. The van der Waals surface area contributed by atoms with Crippen molar-refractivity contribution in [3.05, 3.63) is 0 Å². The Morgan fingerprint density at radius 2 is 1.94 bits per heavy atom. The first kappa shape index (κ1) is 13.5. The first-order valence-electron chi connectivity index (χ1n) is 6.61. The molecular formula is C13H27N3. The van der Waals surface area contributed by atoms with Crippen molar-refractivity contribution in [1.82, 2.24) is 4.90 Å². The van der Waals surface area contributed by atoms with Crippen LogP contribution in [0.1, 0.15) is 52.4 Å². The van der Waals surface area contributed by atoms with Gasteiger partial charge in [0, 0.05) is 6.42 Å². The molecular weight excluding hydrogens is 198 g/mol. The van der Waals surface area contributed by atoms with E-state index in [1.54, 1.807) is 0 Å². The monoisotopic (exact) mass is 225 g/mol. The standard InChI is InChI=1S/C13H27N3/c1-3-13(2)7-10-16(11-8-13)9-5-4-6-12(14)15/h3-11H2,1-2H3,(H3,14,15). The van der Waals surface area contributed by atoms with Crippen LogP contribution in [0.5, 0.6) is 0 Å². The molecule has 1 heterocycles. The third kappa shape index (κ3) is 4.52. The van der Waals surface area contributed by atoms with Gasteiger partial charge in [-0.2, -0.15) is 0 Å². The molecule has 0 radical (unpaired) electrons. The lowest BCUT2D eigenvalue weighted by Gasteiger charge is -2.38. The molecule has 0 aliphatic carbocycles. The molecule has 16 heavy (non-hydrogen) atoms. The van der Waals surface area contributed by atoms with Crippen molar-refractivity contribution in [1.29, 1.82) is 5.41 Å². The molecule has 0 aromatic carbocycles. The van der Waals surface area contributed by atoms with Crippen LogP contribution in [0.4, 0.5) is 0 Å². The minimum atomic E-state index is 0.331. The third-order valence-corrected chi connectivity index (χ3v) is 4.09. The van der Waals surface area contributed by atoms with Crippen LogP contribution in [0.3, 0.4) is 0 Å². The average Bonchev–Trinajstić information content (AvgIpc) is 2.27. The molecule has 3 nitrogen and oxygen atoms in total. The third-order valence-electron chi connectivity index (χ3n) is 4.09. The van der Waals surface area contributed by atoms with Crippen molar-refractivity contribution in [2.75, 3.05) is 19.6 Å². The van der Waals surface area contributed by atoms with Gasteiger partial charge in [-0.25, -0.2) is 0 Å². The fraction of sp³-hybridized carbons (Fsp3) is 0.923. The molecule has 3 N–H and O–H groups in total. The molecule has 1 fully saturated rings. The summed E-state index contributed by atoms with van der Waals surface area (Å²) in [5, 5.41) is 7.16. The minimum Gasteiger partial charge on any atom is -0.388 e. The van der Waals surface area contributed by atoms with Crippen molar-refractivity contribution in [3.63, 3.8) is 0 Å². The van der Waals surface area contributed by atoms with E-state index in [4.69, 9.17) is 11.1 Å². The molecule has 0 unspecified atom stereocenters. The molecule has 94 valence electrons. The Balaban J connectivity index is 2.10. The van der Waals surface area contributed by atoms with Gasteiger partial charge in [-0.3, -0.25) is 5.41 Å². The Labute approximate surface area is 99.9 Å². The fourth-order valence-corrected chi connectivity index (χ4v) is 2.32. The molecule has 1 saturated heterocycles. The Morgan fingerprint density at radius 1 is 1.31 bits per heavy atom. The van der Waals surface area contributed by atoms with E-state index in [9.17, 15) is 0 Å². The first-order chi connectivity index (χ1) is 7.56. The highest BCUT2D eigenvalue weighted by Crippen LogP contribution is 2.33. The van der Waals surface area contributed by atoms with Gasteiger partial charge in [0.25, 0.3) is 0 Å². The van der Waals surface area contributed by atoms with Crippen LogP contribution >= 0.6 is 0 Å². The molecule has 0 atom stereocenters. The highest BCUT2D eigenvalue weighted by atomic mass is 15.1. The van der Waals surface area contributed by atoms with E-state index in [2.05, 4.69) is 18.7 Å². The van der Waals surface area contributed by atoms with E-state index in [0.717, 1.165) is 12.8 Å². The molecule has 3 heteroatoms. The number of hydrogen-bond acceptors (Lipinski definition) is 2. The Kier molecular flexibility index (Phi) is 5.26. The normalized spacial score (nSPS) is 20.9. The van der Waals surface area contributed by atoms with E-state index < -0.39 is 0 Å². The lowest BCUT2D eigenvalue weighted by Crippen LogP contribution is -2.38. The first-order valence-corrected chi connectivity index (χ1v) is 6.61. The molecule has 0 spiro atoms. The Hall–Kier alpha value is -0.570. The average molecular weight is 225 g/mol. The fourth-order valence-electron chi connectivity index (χ4n) is 2.32. The van der Waals surface area contributed by atoms with Crippen molar-refractivity contribution < 1.29 is 0 Å². The molecule has 0 amide bonds. The Morgan fingerprint density at radius 3 is 2.44 bits per heavy atom. The largest absolute Gasteiger partial charge is 0.388 e. The highest BCUT2D eigenvalue weighted by Gasteiger charge is 2.27. The van der Waals surface area contributed by atoms with Crippen molar-refractivity contribution in [2.45, 2.75) is 52.4 Å². The quantitative estimate of drug-likeness (QED) is 0.415. The maximum Gasteiger partial charge on any atom is 0.0905 e. The van der Waals surface area contributed by atoms with Gasteiger partial charge in [0.2, 0.25) is 0 Å². The topological polar surface area (TPSA) is 53.1 Å². The summed E-state index contributed by atoms with van der Waals surface area (Å²) in [6, 6.07) is 0. The molecule has 1 aliphatic heterocycles. The smallest absolute Gasteiger partial charge is 0.0905 e. The van der Waals surface area contributed by atoms with E-state index in [1.807, 2.05) is 0 Å². The maximum atomic E-state index is 7.16. The SMILES string of the molecule is CCC1(C)CCN(CCCCC(=N)N)CC1. The van der Waals surface area contributed by atoms with Gasteiger partial charge in [0.05, 0.1) is 5.84 Å². The summed E-state index contributed by atoms with van der Waals surface area (Å²) in [7, 11) is 0. The van der Waals surface area contributed by atoms with Gasteiger partial charge in [-0.15, -0.1) is 0 Å². The second kappa shape index (κ2) is 6.24. The van der Waals surface area contributed by atoms with E-state index >= 15 is 0 Å². The summed E-state index contributed by atoms with van der Waals surface area (Å²) in [6.45, 7) is 8.42. The predicted octanol–water partition coefficient (Wildman–Crippen LogP) is 2.60. The van der Waals surface area contributed by atoms with Gasteiger partial charge >= 0.3 is 0 Å². The number of hydrogen-bond donors (Lipinski definition) is 2. The summed E-state index contributed by atoms with van der Waals surface area (Å²) in [4.78, 5) is 2.57. The number of unbranched alkanes of at least 4 members (excludes halogenated alkanes) is 1. The van der Waals surface area contributed by atoms with E-state index in [1.165, 1.54) is 45.3 Å². The van der Waals surface area contributed by atoms with Crippen molar-refractivity contribution in [3.8, 4) is 0 Å². The van der Waals surface area contributed by atoms with Crippen LogP contribution in [-0.2, 0) is 0 Å². The number of nitrogens with zero attached hydrogens (tertiary/aromatic N) is 1. The second-order valence-corrected chi connectivity index (χ2v) is 5.49. The molecule has 0 saturated carbocycles. The van der Waals surface area contributed by atoms with E-state index in [-0.39, 0.29) is 0 Å². The van der Waals surface area contributed by atoms with Crippen LogP contribution in [0.15, 0.2) is 0 Å². The van der Waals surface area contributed by atoms with E-state index in [0.29, 0.717) is 11.3 Å². The van der Waals surface area contributed by atoms with Gasteiger partial charge in [-0.1, -0.05) is 20.3 Å². The summed E-state index contributed by atoms with van der Waals surface area (Å²) < 4.78 is 0. The number of nitrogens with one attached hydrogen (secondary N) is 1. The minimum absolute atomic E-state index is 0.331. The number of nitrogens with two attached hydrogens (primary N) is 1. The predicted molar refractivity (Wildman–Crippen MR) is 69.8 cm³/mol. The highest BCUT2D eigenvalue weighted by molar-refractivity contribution is 5.76. The molecule has 0 bridgehead atoms. The van der Waals surface area contributed by atoms with Crippen LogP contribution in [0.2, 0.25) is 0 Å². The Bertz CT molecular complexity index is 217. The lowest BCUT2D eigenvalue weighted by molar-refractivity contribution is 0.113. The zero-order valence-electron chi connectivity index (χ0n) is 10.9. The van der Waals surface area contributed by atoms with Crippen LogP contribution < -0.4 is 5.73 Å².